The van der Waals surface area contributed by atoms with E-state index in [1.165, 1.54) is 23.3 Å². The highest BCUT2D eigenvalue weighted by molar-refractivity contribution is 7.98. The lowest BCUT2D eigenvalue weighted by Crippen LogP contribution is -2.46. The molecule has 1 aliphatic rings. The maximum absolute atomic E-state index is 13.3. The van der Waals surface area contributed by atoms with Crippen LogP contribution >= 0.6 is 23.5 Å². The Morgan fingerprint density at radius 1 is 0.818 bits per heavy atom. The van der Waals surface area contributed by atoms with Crippen LogP contribution in [0.1, 0.15) is 15.9 Å². The number of benzene rings is 5. The third kappa shape index (κ3) is 7.42. The minimum atomic E-state index is -0.321. The van der Waals surface area contributed by atoms with Crippen LogP contribution in [0.15, 0.2) is 126 Å². The van der Waals surface area contributed by atoms with Crippen LogP contribution in [-0.2, 0) is 6.54 Å². The molecule has 0 atom stereocenters. The smallest absolute Gasteiger partial charge is 0.265 e. The van der Waals surface area contributed by atoms with Gasteiger partial charge in [0.25, 0.3) is 5.91 Å². The molecule has 1 fully saturated rings. The summed E-state index contributed by atoms with van der Waals surface area (Å²) in [5, 5.41) is 0.734. The predicted molar refractivity (Wildman–Crippen MR) is 177 cm³/mol. The zero-order valence-corrected chi connectivity index (χ0v) is 25.5. The predicted octanol–water partition coefficient (Wildman–Crippen LogP) is 8.70. The number of halogens is 2. The minimum Gasteiger partial charge on any atom is -0.456 e. The summed E-state index contributed by atoms with van der Waals surface area (Å²) < 4.78 is 22.4. The van der Waals surface area contributed by atoms with Crippen molar-refractivity contribution < 1.29 is 13.9 Å². The number of carbonyl (C=O) groups is 1. The highest BCUT2D eigenvalue weighted by Crippen LogP contribution is 2.32. The van der Waals surface area contributed by atoms with Crippen LogP contribution in [0, 0.1) is 5.82 Å². The van der Waals surface area contributed by atoms with E-state index in [-0.39, 0.29) is 11.7 Å². The molecule has 1 N–H and O–H groups in total. The van der Waals surface area contributed by atoms with Crippen molar-refractivity contribution in [3.05, 3.63) is 143 Å². The molecule has 44 heavy (non-hydrogen) atoms. The van der Waals surface area contributed by atoms with E-state index in [0.29, 0.717) is 17.1 Å². The number of anilines is 1. The Hall–Kier alpha value is -4.30. The number of hydrogen-bond donors (Lipinski definition) is 1. The number of hydrogen-bond acceptors (Lipinski definition) is 5. The largest absolute Gasteiger partial charge is 0.456 e. The Balaban J connectivity index is 1.15. The molecule has 5 aromatic carbocycles. The average Bonchev–Trinajstić information content (AvgIpc) is 3.06. The molecular formula is C36H31ClFN3O2S. The van der Waals surface area contributed by atoms with Crippen LogP contribution < -0.4 is 14.4 Å². The average molecular weight is 624 g/mol. The van der Waals surface area contributed by atoms with E-state index in [1.807, 2.05) is 60.7 Å². The Morgan fingerprint density at radius 2 is 1.52 bits per heavy atom. The molecule has 6 rings (SSSR count). The van der Waals surface area contributed by atoms with Gasteiger partial charge in [-0.3, -0.25) is 14.4 Å². The van der Waals surface area contributed by atoms with Crippen molar-refractivity contribution in [1.82, 2.24) is 9.62 Å². The van der Waals surface area contributed by atoms with Crippen LogP contribution in [0.5, 0.6) is 11.5 Å². The molecule has 222 valence electrons. The molecule has 8 heteroatoms. The van der Waals surface area contributed by atoms with Crippen molar-refractivity contribution in [2.45, 2.75) is 11.4 Å². The zero-order chi connectivity index (χ0) is 30.3. The number of nitrogens with one attached hydrogen (secondary N) is 1. The third-order valence-electron chi connectivity index (χ3n) is 7.56. The van der Waals surface area contributed by atoms with E-state index >= 15 is 0 Å². The first-order valence-electron chi connectivity index (χ1n) is 14.4. The van der Waals surface area contributed by atoms with Crippen LogP contribution in [0.3, 0.4) is 0 Å². The van der Waals surface area contributed by atoms with Gasteiger partial charge in [-0.2, -0.15) is 0 Å². The Morgan fingerprint density at radius 3 is 2.27 bits per heavy atom. The molecular weight excluding hydrogens is 593 g/mol. The minimum absolute atomic E-state index is 0.291. The number of amides is 1. The SMILES string of the molecule is O=C(NSc1ccc(F)cc1)c1ccc(N2CCN(Cc3ccccc3-c3ccc(Cl)cc3)CC2)cc1Oc1ccccc1. The molecule has 0 aromatic heterocycles. The topological polar surface area (TPSA) is 44.8 Å². The van der Waals surface area contributed by atoms with Gasteiger partial charge in [0.2, 0.25) is 0 Å². The van der Waals surface area contributed by atoms with Gasteiger partial charge in [0.05, 0.1) is 5.56 Å². The van der Waals surface area contributed by atoms with Crippen molar-refractivity contribution in [3.63, 3.8) is 0 Å². The summed E-state index contributed by atoms with van der Waals surface area (Å²) in [5.74, 6) is 0.513. The molecule has 5 aromatic rings. The van der Waals surface area contributed by atoms with Crippen LogP contribution in [0.4, 0.5) is 10.1 Å². The van der Waals surface area contributed by atoms with E-state index in [9.17, 15) is 9.18 Å². The maximum Gasteiger partial charge on any atom is 0.265 e. The van der Waals surface area contributed by atoms with E-state index < -0.39 is 0 Å². The molecule has 0 saturated carbocycles. The molecule has 0 spiro atoms. The summed E-state index contributed by atoms with van der Waals surface area (Å²) in [5.41, 5.74) is 5.09. The van der Waals surface area contributed by atoms with Gasteiger partial charge in [0.1, 0.15) is 17.3 Å². The standard InChI is InChI=1S/C36H31ClFN3O2S/c37-28-12-10-26(11-13-28)33-9-5-4-6-27(33)25-40-20-22-41(23-21-40)30-16-19-34(35(24-30)43-31-7-2-1-3-8-31)36(42)39-44-32-17-14-29(38)15-18-32/h1-19,24H,20-23,25H2,(H,39,42). The normalized spacial score (nSPS) is 13.5. The molecule has 0 aliphatic carbocycles. The van der Waals surface area contributed by atoms with Gasteiger partial charge in [0.15, 0.2) is 0 Å². The number of carbonyl (C=O) groups excluding carboxylic acids is 1. The lowest BCUT2D eigenvalue weighted by molar-refractivity contribution is 0.0982. The van der Waals surface area contributed by atoms with Gasteiger partial charge >= 0.3 is 0 Å². The Labute approximate surface area is 266 Å². The number of nitrogens with zero attached hydrogens (tertiary/aromatic N) is 2. The van der Waals surface area contributed by atoms with Gasteiger partial charge in [-0.1, -0.05) is 66.2 Å². The first-order chi connectivity index (χ1) is 21.5. The Kier molecular flexibility index (Phi) is 9.46. The van der Waals surface area contributed by atoms with Gasteiger partial charge in [0, 0.05) is 54.4 Å². The van der Waals surface area contributed by atoms with Gasteiger partial charge in [-0.15, -0.1) is 0 Å². The molecule has 1 amide bonds. The summed E-state index contributed by atoms with van der Waals surface area (Å²) in [7, 11) is 0. The van der Waals surface area contributed by atoms with E-state index in [0.717, 1.165) is 65.8 Å². The number of ether oxygens (including phenoxy) is 1. The lowest BCUT2D eigenvalue weighted by atomic mass is 9.99. The number of rotatable bonds is 9. The number of piperazine rings is 1. The Bertz CT molecular complexity index is 1710. The van der Waals surface area contributed by atoms with Crippen molar-refractivity contribution in [2.75, 3.05) is 31.1 Å². The van der Waals surface area contributed by atoms with Crippen molar-refractivity contribution in [3.8, 4) is 22.6 Å². The number of para-hydroxylation sites is 1. The van der Waals surface area contributed by atoms with Crippen molar-refractivity contribution >= 4 is 35.1 Å². The highest BCUT2D eigenvalue weighted by atomic mass is 35.5. The summed E-state index contributed by atoms with van der Waals surface area (Å²) in [6, 6.07) is 37.7. The summed E-state index contributed by atoms with van der Waals surface area (Å²) >= 11 is 7.26. The second-order valence-electron chi connectivity index (χ2n) is 10.5. The summed E-state index contributed by atoms with van der Waals surface area (Å²) in [6.07, 6.45) is 0. The first-order valence-corrected chi connectivity index (χ1v) is 15.6. The molecule has 1 aliphatic heterocycles. The fraction of sp³-hybridized carbons (Fsp3) is 0.139. The molecule has 5 nitrogen and oxygen atoms in total. The van der Waals surface area contributed by atoms with Gasteiger partial charge in [-0.05, 0) is 89.3 Å². The van der Waals surface area contributed by atoms with Gasteiger partial charge in [-0.25, -0.2) is 4.39 Å². The fourth-order valence-electron chi connectivity index (χ4n) is 5.23. The quantitative estimate of drug-likeness (QED) is 0.166. The van der Waals surface area contributed by atoms with Gasteiger partial charge < -0.3 is 9.64 Å². The molecule has 0 bridgehead atoms. The maximum atomic E-state index is 13.3. The second-order valence-corrected chi connectivity index (χ2v) is 11.8. The third-order valence-corrected chi connectivity index (χ3v) is 8.61. The molecule has 0 radical (unpaired) electrons. The van der Waals surface area contributed by atoms with E-state index in [4.69, 9.17) is 16.3 Å². The monoisotopic (exact) mass is 623 g/mol. The highest BCUT2D eigenvalue weighted by Gasteiger charge is 2.21. The second kappa shape index (κ2) is 14.0. The first kappa shape index (κ1) is 29.8. The van der Waals surface area contributed by atoms with E-state index in [2.05, 4.69) is 50.9 Å². The molecule has 1 heterocycles. The van der Waals surface area contributed by atoms with Crippen molar-refractivity contribution in [1.29, 1.82) is 0 Å². The van der Waals surface area contributed by atoms with Crippen LogP contribution in [-0.4, -0.2) is 37.0 Å². The van der Waals surface area contributed by atoms with E-state index in [1.54, 1.807) is 12.1 Å². The zero-order valence-electron chi connectivity index (χ0n) is 24.0. The molecule has 1 saturated heterocycles. The van der Waals surface area contributed by atoms with Crippen LogP contribution in [0.2, 0.25) is 5.02 Å². The fourth-order valence-corrected chi connectivity index (χ4v) is 5.95. The summed E-state index contributed by atoms with van der Waals surface area (Å²) in [6.45, 7) is 4.36. The lowest BCUT2D eigenvalue weighted by Gasteiger charge is -2.36. The summed E-state index contributed by atoms with van der Waals surface area (Å²) in [4.78, 5) is 18.8. The van der Waals surface area contributed by atoms with Crippen molar-refractivity contribution in [2.24, 2.45) is 0 Å². The van der Waals surface area contributed by atoms with Crippen LogP contribution in [0.25, 0.3) is 11.1 Å². The molecule has 0 unspecified atom stereocenters.